The molecule has 0 saturated heterocycles. The molecule has 0 heterocycles. The van der Waals surface area contributed by atoms with E-state index in [1.54, 1.807) is 0 Å². The predicted octanol–water partition coefficient (Wildman–Crippen LogP) is 2.61. The highest BCUT2D eigenvalue weighted by molar-refractivity contribution is 6.22. The van der Waals surface area contributed by atoms with Crippen LogP contribution in [0.3, 0.4) is 0 Å². The molecule has 0 rings (SSSR count). The number of alkyl halides is 7. The van der Waals surface area contributed by atoms with Crippen molar-refractivity contribution in [1.29, 1.82) is 0 Å². The van der Waals surface area contributed by atoms with Crippen LogP contribution in [0, 0.1) is 0 Å². The summed E-state index contributed by atoms with van der Waals surface area (Å²) in [6, 6.07) is 0. The molecular weight excluding hydrogens is 294 g/mol. The Morgan fingerprint density at radius 2 is 1.56 bits per heavy atom. The van der Waals surface area contributed by atoms with Crippen molar-refractivity contribution < 1.29 is 40.7 Å². The van der Waals surface area contributed by atoms with Crippen molar-refractivity contribution >= 4 is 23.4 Å². The Bertz CT molecular complexity index is 338. The maximum Gasteiger partial charge on any atom is 0.393 e. The van der Waals surface area contributed by atoms with Crippen LogP contribution in [0.1, 0.15) is 13.3 Å². The number of hydrogen-bond acceptors (Lipinski definition) is 3. The van der Waals surface area contributed by atoms with Crippen LogP contribution in [-0.2, 0) is 14.3 Å². The van der Waals surface area contributed by atoms with E-state index >= 15 is 0 Å². The number of carbonyl (C=O) groups is 2. The van der Waals surface area contributed by atoms with E-state index in [0.717, 1.165) is 0 Å². The zero-order chi connectivity index (χ0) is 14.8. The fourth-order valence-corrected chi connectivity index (χ4v) is 0.926. The van der Waals surface area contributed by atoms with E-state index in [-0.39, 0.29) is 6.61 Å². The Labute approximate surface area is 102 Å². The molecule has 10 heteroatoms. The molecule has 0 aromatic heterocycles. The van der Waals surface area contributed by atoms with E-state index in [9.17, 15) is 35.9 Å². The Kier molecular flexibility index (Phi) is 5.04. The van der Waals surface area contributed by atoms with Crippen molar-refractivity contribution in [3.8, 4) is 0 Å². The summed E-state index contributed by atoms with van der Waals surface area (Å²) < 4.78 is 79.1. The first-order chi connectivity index (χ1) is 7.88. The highest BCUT2D eigenvalue weighted by atomic mass is 35.5. The molecule has 0 aliphatic heterocycles. The van der Waals surface area contributed by atoms with Crippen LogP contribution in [0.2, 0.25) is 0 Å². The maximum absolute atomic E-state index is 12.8. The molecule has 0 aliphatic rings. The fourth-order valence-electron chi connectivity index (χ4n) is 0.807. The van der Waals surface area contributed by atoms with Crippen molar-refractivity contribution in [2.75, 3.05) is 6.61 Å². The number of carbonyl (C=O) groups excluding carboxylic acids is 2. The highest BCUT2D eigenvalue weighted by Gasteiger charge is 2.74. The van der Waals surface area contributed by atoms with Crippen LogP contribution in [-0.4, -0.2) is 35.6 Å². The molecule has 0 aromatic rings. The van der Waals surface area contributed by atoms with Gasteiger partial charge in [-0.2, -0.15) is 26.3 Å². The van der Waals surface area contributed by atoms with Crippen molar-refractivity contribution in [3.05, 3.63) is 0 Å². The van der Waals surface area contributed by atoms with Gasteiger partial charge in [0.05, 0.1) is 6.61 Å². The highest BCUT2D eigenvalue weighted by Crippen LogP contribution is 2.48. The van der Waals surface area contributed by atoms with Gasteiger partial charge in [0.25, 0.3) is 0 Å². The molecular formula is C8H7ClF6O3. The number of ketones is 1. The van der Waals surface area contributed by atoms with Crippen molar-refractivity contribution in [3.63, 3.8) is 0 Å². The summed E-state index contributed by atoms with van der Waals surface area (Å²) in [5.41, 5.74) is 0. The average molecular weight is 301 g/mol. The molecule has 0 bridgehead atoms. The second-order valence-corrected chi connectivity index (χ2v) is 3.53. The van der Waals surface area contributed by atoms with Crippen LogP contribution in [0.4, 0.5) is 26.3 Å². The number of hydrogen-bond donors (Lipinski definition) is 0. The number of Topliss-reactive ketones (excluding diaryl/α,β-unsaturated/α-hetero) is 1. The van der Waals surface area contributed by atoms with Crippen molar-refractivity contribution in [1.82, 2.24) is 0 Å². The second-order valence-electron chi connectivity index (χ2n) is 3.05. The van der Waals surface area contributed by atoms with Crippen LogP contribution in [0.5, 0.6) is 0 Å². The predicted molar refractivity (Wildman–Crippen MR) is 47.0 cm³/mol. The molecule has 0 N–H and O–H groups in total. The lowest BCUT2D eigenvalue weighted by Gasteiger charge is -2.27. The van der Waals surface area contributed by atoms with E-state index in [1.165, 1.54) is 6.92 Å². The first kappa shape index (κ1) is 17.0. The zero-order valence-electron chi connectivity index (χ0n) is 8.78. The minimum absolute atomic E-state index is 0.292. The zero-order valence-corrected chi connectivity index (χ0v) is 9.54. The van der Waals surface area contributed by atoms with Gasteiger partial charge in [0.2, 0.25) is 5.78 Å². The summed E-state index contributed by atoms with van der Waals surface area (Å²) in [6.07, 6.45) is -1.76. The Hall–Kier alpha value is -0.990. The van der Waals surface area contributed by atoms with Gasteiger partial charge in [-0.25, -0.2) is 0 Å². The first-order valence-electron chi connectivity index (χ1n) is 4.39. The molecule has 0 saturated carbocycles. The van der Waals surface area contributed by atoms with Gasteiger partial charge < -0.3 is 4.74 Å². The summed E-state index contributed by atoms with van der Waals surface area (Å²) in [7, 11) is 0. The lowest BCUT2D eigenvalue weighted by Crippen LogP contribution is -2.56. The molecule has 18 heavy (non-hydrogen) atoms. The van der Waals surface area contributed by atoms with E-state index in [2.05, 4.69) is 16.3 Å². The molecule has 0 amide bonds. The van der Waals surface area contributed by atoms with Gasteiger partial charge in [0.15, 0.2) is 0 Å². The molecule has 0 radical (unpaired) electrons. The summed E-state index contributed by atoms with van der Waals surface area (Å²) in [5, 5.41) is -5.64. The summed E-state index contributed by atoms with van der Waals surface area (Å²) in [6.45, 7) is 0.974. The van der Waals surface area contributed by atoms with Crippen LogP contribution < -0.4 is 0 Å². The minimum atomic E-state index is -6.12. The van der Waals surface area contributed by atoms with Gasteiger partial charge in [0, 0.05) is 0 Å². The third kappa shape index (κ3) is 3.27. The number of rotatable bonds is 6. The lowest BCUT2D eigenvalue weighted by atomic mass is 10.0. The van der Waals surface area contributed by atoms with Gasteiger partial charge >= 0.3 is 23.2 Å². The van der Waals surface area contributed by atoms with Crippen molar-refractivity contribution in [2.45, 2.75) is 30.6 Å². The molecule has 106 valence electrons. The molecule has 0 spiro atoms. The molecule has 0 unspecified atom stereocenters. The van der Waals surface area contributed by atoms with Crippen LogP contribution in [0.15, 0.2) is 0 Å². The van der Waals surface area contributed by atoms with Gasteiger partial charge in [-0.05, 0) is 18.5 Å². The first-order valence-corrected chi connectivity index (χ1v) is 4.77. The largest absolute Gasteiger partial charge is 0.466 e. The monoisotopic (exact) mass is 300 g/mol. The number of ether oxygens (including phenoxy) is 1. The molecule has 0 aliphatic carbocycles. The topological polar surface area (TPSA) is 43.4 Å². The minimum Gasteiger partial charge on any atom is -0.466 e. The molecule has 0 atom stereocenters. The van der Waals surface area contributed by atoms with E-state index in [1.807, 2.05) is 0 Å². The maximum atomic E-state index is 12.8. The SMILES string of the molecule is CCOC(=O)CC(=O)C(F)(F)C(F)(F)C(F)(F)Cl. The Morgan fingerprint density at radius 3 is 1.89 bits per heavy atom. The summed E-state index contributed by atoms with van der Waals surface area (Å²) >= 11 is 3.82. The lowest BCUT2D eigenvalue weighted by molar-refractivity contribution is -0.268. The number of esters is 1. The smallest absolute Gasteiger partial charge is 0.393 e. The summed E-state index contributed by atoms with van der Waals surface area (Å²) in [5.74, 6) is -16.1. The summed E-state index contributed by atoms with van der Waals surface area (Å²) in [4.78, 5) is 21.4. The Morgan fingerprint density at radius 1 is 1.11 bits per heavy atom. The van der Waals surface area contributed by atoms with Crippen molar-refractivity contribution in [2.24, 2.45) is 0 Å². The fraction of sp³-hybridized carbons (Fsp3) is 0.750. The standard InChI is InChI=1S/C8H7ClF6O3/c1-2-18-5(17)3-4(16)6(10,11)7(12,13)8(9,14)15/h2-3H2,1H3. The molecule has 0 fully saturated rings. The normalized spacial score (nSPS) is 13.3. The quantitative estimate of drug-likeness (QED) is 0.328. The molecule has 0 aromatic carbocycles. The Balaban J connectivity index is 5.04. The average Bonchev–Trinajstić information content (AvgIpc) is 2.15. The van der Waals surface area contributed by atoms with Crippen LogP contribution >= 0.6 is 11.6 Å². The van der Waals surface area contributed by atoms with Gasteiger partial charge in [-0.3, -0.25) is 9.59 Å². The molecule has 3 nitrogen and oxygen atoms in total. The third-order valence-corrected chi connectivity index (χ3v) is 1.95. The number of halogens is 7. The third-order valence-electron chi connectivity index (χ3n) is 1.71. The van der Waals surface area contributed by atoms with E-state index in [0.29, 0.717) is 0 Å². The van der Waals surface area contributed by atoms with Gasteiger partial charge in [-0.1, -0.05) is 0 Å². The van der Waals surface area contributed by atoms with Gasteiger partial charge in [0.1, 0.15) is 6.42 Å². The van der Waals surface area contributed by atoms with Gasteiger partial charge in [-0.15, -0.1) is 0 Å². The van der Waals surface area contributed by atoms with E-state index in [4.69, 9.17) is 0 Å². The second kappa shape index (κ2) is 5.33. The van der Waals surface area contributed by atoms with Crippen LogP contribution in [0.25, 0.3) is 0 Å². The van der Waals surface area contributed by atoms with E-state index < -0.39 is 35.4 Å².